The lowest BCUT2D eigenvalue weighted by molar-refractivity contribution is -0.145. The molecule has 0 aromatic carbocycles. The number of nitrogens with one attached hydrogen (secondary N) is 1. The number of hydrogen-bond acceptors (Lipinski definition) is 7. The predicted molar refractivity (Wildman–Crippen MR) is 82.0 cm³/mol. The Morgan fingerprint density at radius 2 is 2.25 bits per heavy atom. The number of hydrogen-bond donors (Lipinski definition) is 1. The van der Waals surface area contributed by atoms with Gasteiger partial charge in [0.1, 0.15) is 13.2 Å². The van der Waals surface area contributed by atoms with Crippen molar-refractivity contribution in [3.05, 3.63) is 28.7 Å². The van der Waals surface area contributed by atoms with Gasteiger partial charge in [-0.2, -0.15) is 10.1 Å². The molecule has 130 valence electrons. The van der Waals surface area contributed by atoms with Gasteiger partial charge < -0.3 is 18.9 Å². The molecule has 1 aliphatic rings. The largest absolute Gasteiger partial charge is 0.377 e. The molecule has 0 spiro atoms. The van der Waals surface area contributed by atoms with Crippen molar-refractivity contribution in [3.8, 4) is 0 Å². The quantitative estimate of drug-likeness (QED) is 0.862. The lowest BCUT2D eigenvalue weighted by Crippen LogP contribution is -2.45. The second-order valence-corrected chi connectivity index (χ2v) is 5.75. The Labute approximate surface area is 139 Å². The van der Waals surface area contributed by atoms with Gasteiger partial charge >= 0.3 is 0 Å². The van der Waals surface area contributed by atoms with Crippen molar-refractivity contribution < 1.29 is 18.8 Å². The fourth-order valence-corrected chi connectivity index (χ4v) is 2.90. The van der Waals surface area contributed by atoms with Gasteiger partial charge in [0, 0.05) is 17.8 Å². The van der Waals surface area contributed by atoms with E-state index in [0.29, 0.717) is 31.5 Å². The van der Waals surface area contributed by atoms with E-state index in [4.69, 9.17) is 14.0 Å². The lowest BCUT2D eigenvalue weighted by atomic mass is 10.0. The molecule has 1 saturated heterocycles. The Morgan fingerprint density at radius 1 is 1.42 bits per heavy atom. The van der Waals surface area contributed by atoms with Gasteiger partial charge in [0.2, 0.25) is 5.91 Å². The third kappa shape index (κ3) is 3.46. The van der Waals surface area contributed by atoms with Gasteiger partial charge in [-0.3, -0.25) is 9.89 Å². The number of H-pyrrole nitrogens is 1. The van der Waals surface area contributed by atoms with Crippen molar-refractivity contribution >= 4 is 5.91 Å². The van der Waals surface area contributed by atoms with Gasteiger partial charge in [-0.25, -0.2) is 0 Å². The zero-order valence-electron chi connectivity index (χ0n) is 14.0. The maximum atomic E-state index is 12.6. The summed E-state index contributed by atoms with van der Waals surface area (Å²) in [5.41, 5.74) is 2.83. The van der Waals surface area contributed by atoms with Crippen LogP contribution in [0.3, 0.4) is 0 Å². The number of carbonyl (C=O) groups is 1. The van der Waals surface area contributed by atoms with Crippen LogP contribution in [0.15, 0.2) is 4.52 Å². The summed E-state index contributed by atoms with van der Waals surface area (Å²) < 4.78 is 15.9. The summed E-state index contributed by atoms with van der Waals surface area (Å²) >= 11 is 0. The Bertz CT molecular complexity index is 691. The number of carbonyl (C=O) groups excluding carboxylic acids is 1. The molecule has 9 heteroatoms. The highest BCUT2D eigenvalue weighted by molar-refractivity contribution is 5.78. The maximum Gasteiger partial charge on any atom is 0.252 e. The molecule has 1 unspecified atom stereocenters. The molecule has 1 amide bonds. The zero-order chi connectivity index (χ0) is 17.1. The number of amides is 1. The lowest BCUT2D eigenvalue weighted by Gasteiger charge is -2.36. The topological polar surface area (TPSA) is 106 Å². The highest BCUT2D eigenvalue weighted by Gasteiger charge is 2.31. The van der Waals surface area contributed by atoms with E-state index in [1.54, 1.807) is 11.8 Å². The molecule has 1 atom stereocenters. The molecule has 3 rings (SSSR count). The van der Waals surface area contributed by atoms with Gasteiger partial charge in [-0.15, -0.1) is 0 Å². The highest BCUT2D eigenvalue weighted by atomic mass is 16.5. The second kappa shape index (κ2) is 7.10. The van der Waals surface area contributed by atoms with Crippen LogP contribution in [-0.2, 0) is 20.9 Å². The summed E-state index contributed by atoms with van der Waals surface area (Å²) in [6, 6.07) is -0.153. The molecule has 0 radical (unpaired) electrons. The molecular weight excluding hydrogens is 314 g/mol. The van der Waals surface area contributed by atoms with Gasteiger partial charge in [0.25, 0.3) is 5.89 Å². The average molecular weight is 335 g/mol. The van der Waals surface area contributed by atoms with Gasteiger partial charge in [0.15, 0.2) is 5.82 Å². The van der Waals surface area contributed by atoms with Crippen molar-refractivity contribution in [1.82, 2.24) is 25.2 Å². The Morgan fingerprint density at radius 3 is 2.92 bits per heavy atom. The Kier molecular flexibility index (Phi) is 4.91. The zero-order valence-corrected chi connectivity index (χ0v) is 14.0. The van der Waals surface area contributed by atoms with Gasteiger partial charge in [0.05, 0.1) is 24.9 Å². The van der Waals surface area contributed by atoms with E-state index in [1.165, 1.54) is 0 Å². The van der Waals surface area contributed by atoms with Crippen molar-refractivity contribution in [2.24, 2.45) is 0 Å². The Balaban J connectivity index is 1.63. The number of aromatic nitrogens is 4. The molecule has 3 heterocycles. The molecule has 0 saturated carbocycles. The van der Waals surface area contributed by atoms with E-state index in [9.17, 15) is 4.79 Å². The molecule has 1 aliphatic heterocycles. The van der Waals surface area contributed by atoms with Crippen molar-refractivity contribution in [2.75, 3.05) is 26.4 Å². The first kappa shape index (κ1) is 16.6. The minimum Gasteiger partial charge on any atom is -0.377 e. The molecule has 1 fully saturated rings. The van der Waals surface area contributed by atoms with E-state index < -0.39 is 0 Å². The Hall–Kier alpha value is -2.26. The number of morpholine rings is 1. The molecule has 2 aromatic rings. The third-order valence-electron chi connectivity index (χ3n) is 3.99. The van der Waals surface area contributed by atoms with Crippen LogP contribution in [0.1, 0.15) is 34.7 Å². The highest BCUT2D eigenvalue weighted by Crippen LogP contribution is 2.28. The van der Waals surface area contributed by atoms with Crippen LogP contribution in [0.2, 0.25) is 0 Å². The average Bonchev–Trinajstić information content (AvgIpc) is 3.13. The summed E-state index contributed by atoms with van der Waals surface area (Å²) in [6.45, 7) is 7.16. The van der Waals surface area contributed by atoms with Crippen molar-refractivity contribution in [1.29, 1.82) is 0 Å². The number of aryl methyl sites for hydroxylation is 3. The standard InChI is InChI=1S/C15H21N5O4/c1-9-15(10(2)18-17-9)12-6-22-5-4-20(12)14(21)8-23-7-13-16-11(3)19-24-13/h12H,4-8H2,1-3H3,(H,17,18). The number of aromatic amines is 1. The first-order valence-electron chi connectivity index (χ1n) is 7.82. The second-order valence-electron chi connectivity index (χ2n) is 5.75. The third-order valence-corrected chi connectivity index (χ3v) is 3.99. The van der Waals surface area contributed by atoms with E-state index in [0.717, 1.165) is 17.0 Å². The smallest absolute Gasteiger partial charge is 0.252 e. The van der Waals surface area contributed by atoms with E-state index in [1.807, 2.05) is 13.8 Å². The van der Waals surface area contributed by atoms with Crippen LogP contribution in [0.25, 0.3) is 0 Å². The van der Waals surface area contributed by atoms with Crippen LogP contribution < -0.4 is 0 Å². The van der Waals surface area contributed by atoms with Crippen molar-refractivity contribution in [2.45, 2.75) is 33.4 Å². The molecule has 0 bridgehead atoms. The van der Waals surface area contributed by atoms with Crippen LogP contribution in [0, 0.1) is 20.8 Å². The fraction of sp³-hybridized carbons (Fsp3) is 0.600. The van der Waals surface area contributed by atoms with Gasteiger partial charge in [-0.05, 0) is 20.8 Å². The maximum absolute atomic E-state index is 12.6. The first-order chi connectivity index (χ1) is 11.6. The van der Waals surface area contributed by atoms with E-state index in [2.05, 4.69) is 20.3 Å². The van der Waals surface area contributed by atoms with Crippen LogP contribution in [-0.4, -0.2) is 57.5 Å². The normalized spacial score (nSPS) is 18.1. The summed E-state index contributed by atoms with van der Waals surface area (Å²) in [5.74, 6) is 0.805. The van der Waals surface area contributed by atoms with Crippen molar-refractivity contribution in [3.63, 3.8) is 0 Å². The molecule has 1 N–H and O–H groups in total. The minimum absolute atomic E-state index is 0.0477. The number of ether oxygens (including phenoxy) is 2. The SMILES string of the molecule is Cc1noc(COCC(=O)N2CCOCC2c2c(C)n[nH]c2C)n1. The molecular formula is C15H21N5O4. The first-order valence-corrected chi connectivity index (χ1v) is 7.82. The number of nitrogens with zero attached hydrogens (tertiary/aromatic N) is 4. The molecule has 2 aromatic heterocycles. The molecule has 24 heavy (non-hydrogen) atoms. The summed E-state index contributed by atoms with van der Waals surface area (Å²) in [5, 5.41) is 10.9. The van der Waals surface area contributed by atoms with Crippen LogP contribution in [0.4, 0.5) is 0 Å². The molecule has 0 aliphatic carbocycles. The molecule has 9 nitrogen and oxygen atoms in total. The van der Waals surface area contributed by atoms with Crippen LogP contribution in [0.5, 0.6) is 0 Å². The monoisotopic (exact) mass is 335 g/mol. The van der Waals surface area contributed by atoms with Crippen LogP contribution >= 0.6 is 0 Å². The summed E-state index contributed by atoms with van der Waals surface area (Å²) in [7, 11) is 0. The summed E-state index contributed by atoms with van der Waals surface area (Å²) in [6.07, 6.45) is 0. The van der Waals surface area contributed by atoms with E-state index in [-0.39, 0.29) is 25.2 Å². The fourth-order valence-electron chi connectivity index (χ4n) is 2.90. The summed E-state index contributed by atoms with van der Waals surface area (Å²) in [4.78, 5) is 18.4. The van der Waals surface area contributed by atoms with E-state index >= 15 is 0 Å². The minimum atomic E-state index is -0.153. The number of rotatable bonds is 5. The van der Waals surface area contributed by atoms with Gasteiger partial charge in [-0.1, -0.05) is 5.16 Å². The predicted octanol–water partition coefficient (Wildman–Crippen LogP) is 0.835.